The third-order valence-electron chi connectivity index (χ3n) is 3.37. The summed E-state index contributed by atoms with van der Waals surface area (Å²) in [5, 5.41) is 0.251. The number of aromatic nitrogens is 1. The van der Waals surface area contributed by atoms with Crippen molar-refractivity contribution >= 4 is 10.9 Å². The summed E-state index contributed by atoms with van der Waals surface area (Å²) in [6.45, 7) is 0.172. The average molecular weight is 301 g/mol. The topological polar surface area (TPSA) is 61.4 Å². The highest BCUT2D eigenvalue weighted by molar-refractivity contribution is 5.79. The van der Waals surface area contributed by atoms with Crippen LogP contribution in [0.2, 0.25) is 0 Å². The molecule has 0 atom stereocenters. The van der Waals surface area contributed by atoms with E-state index in [0.717, 1.165) is 5.56 Å². The maximum atomic E-state index is 13.0. The van der Waals surface area contributed by atoms with Crippen LogP contribution in [0.15, 0.2) is 56.5 Å². The summed E-state index contributed by atoms with van der Waals surface area (Å²) in [5.74, 6) is -0.621. The van der Waals surface area contributed by atoms with Gasteiger partial charge >= 0.3 is 11.4 Å². The van der Waals surface area contributed by atoms with Crippen molar-refractivity contribution in [1.82, 2.24) is 4.57 Å². The molecule has 0 aliphatic rings. The lowest BCUT2D eigenvalue weighted by molar-refractivity contribution is 0.411. The van der Waals surface area contributed by atoms with Gasteiger partial charge in [0, 0.05) is 0 Å². The monoisotopic (exact) mass is 301 g/mol. The zero-order valence-electron chi connectivity index (χ0n) is 11.7. The van der Waals surface area contributed by atoms with Crippen LogP contribution in [0.3, 0.4) is 0 Å². The van der Waals surface area contributed by atoms with Crippen molar-refractivity contribution in [2.24, 2.45) is 0 Å². The first-order valence-corrected chi connectivity index (χ1v) is 6.54. The van der Waals surface area contributed by atoms with E-state index in [1.54, 1.807) is 24.3 Å². The van der Waals surface area contributed by atoms with Crippen LogP contribution in [0.5, 0.6) is 5.75 Å². The normalized spacial score (nSPS) is 10.8. The molecule has 0 N–H and O–H groups in total. The molecule has 0 aliphatic carbocycles. The first kappa shape index (κ1) is 14.1. The van der Waals surface area contributed by atoms with E-state index in [0.29, 0.717) is 11.3 Å². The van der Waals surface area contributed by atoms with E-state index in [1.165, 1.54) is 29.9 Å². The lowest BCUT2D eigenvalue weighted by Crippen LogP contribution is -2.25. The highest BCUT2D eigenvalue weighted by Gasteiger charge is 2.11. The van der Waals surface area contributed by atoms with Gasteiger partial charge < -0.3 is 9.15 Å². The lowest BCUT2D eigenvalue weighted by Gasteiger charge is -2.09. The van der Waals surface area contributed by atoms with E-state index < -0.39 is 11.4 Å². The Bertz CT molecular complexity index is 941. The Balaban J connectivity index is 2.18. The minimum atomic E-state index is -0.757. The third-order valence-corrected chi connectivity index (χ3v) is 3.37. The second-order valence-corrected chi connectivity index (χ2v) is 4.75. The van der Waals surface area contributed by atoms with Gasteiger partial charge in [0.15, 0.2) is 0 Å². The lowest BCUT2D eigenvalue weighted by atomic mass is 10.2. The van der Waals surface area contributed by atoms with E-state index in [1.807, 2.05) is 0 Å². The molecular formula is C16H12FNO4. The van der Waals surface area contributed by atoms with Crippen LogP contribution in [0.4, 0.5) is 4.39 Å². The fourth-order valence-electron chi connectivity index (χ4n) is 2.25. The molecular weight excluding hydrogens is 289 g/mol. The van der Waals surface area contributed by atoms with Gasteiger partial charge in [0.1, 0.15) is 11.6 Å². The molecule has 1 heterocycles. The fraction of sp³-hybridized carbons (Fsp3) is 0.125. The van der Waals surface area contributed by atoms with Gasteiger partial charge in [0.25, 0.3) is 0 Å². The zero-order valence-corrected chi connectivity index (χ0v) is 11.7. The summed E-state index contributed by atoms with van der Waals surface area (Å²) in [5.41, 5.74) is 0.440. The summed E-state index contributed by atoms with van der Waals surface area (Å²) in [6.07, 6.45) is 0. The van der Waals surface area contributed by atoms with Crippen molar-refractivity contribution in [3.05, 3.63) is 74.8 Å². The third kappa shape index (κ3) is 2.50. The Morgan fingerprint density at radius 3 is 2.55 bits per heavy atom. The first-order chi connectivity index (χ1) is 10.6. The minimum Gasteiger partial charge on any atom is -0.497 e. The molecule has 3 aromatic rings. The molecule has 5 nitrogen and oxygen atoms in total. The second-order valence-electron chi connectivity index (χ2n) is 4.75. The Morgan fingerprint density at radius 2 is 1.86 bits per heavy atom. The fourth-order valence-corrected chi connectivity index (χ4v) is 2.25. The van der Waals surface area contributed by atoms with Crippen molar-refractivity contribution in [2.75, 3.05) is 7.11 Å². The summed E-state index contributed by atoms with van der Waals surface area (Å²) in [4.78, 5) is 23.8. The van der Waals surface area contributed by atoms with E-state index in [9.17, 15) is 14.0 Å². The number of hydrogen-bond acceptors (Lipinski definition) is 4. The Kier molecular flexibility index (Phi) is 3.50. The standard InChI is InChI=1S/C16H12FNO4/c1-21-12-6-7-14-13(8-12)15(19)22-16(20)18(14)9-10-2-4-11(17)5-3-10/h2-8H,9H2,1H3. The Morgan fingerprint density at radius 1 is 1.14 bits per heavy atom. The van der Waals surface area contributed by atoms with Gasteiger partial charge in [0.05, 0.1) is 24.6 Å². The Labute approximate surface area is 124 Å². The van der Waals surface area contributed by atoms with Gasteiger partial charge in [0.2, 0.25) is 0 Å². The van der Waals surface area contributed by atoms with Crippen LogP contribution in [0.25, 0.3) is 10.9 Å². The summed E-state index contributed by atoms with van der Waals surface area (Å²) in [6, 6.07) is 10.6. The average Bonchev–Trinajstić information content (AvgIpc) is 2.52. The molecule has 0 fully saturated rings. The molecule has 6 heteroatoms. The van der Waals surface area contributed by atoms with Crippen LogP contribution in [0.1, 0.15) is 5.56 Å². The number of ether oxygens (including phenoxy) is 1. The van der Waals surface area contributed by atoms with E-state index in [-0.39, 0.29) is 17.7 Å². The van der Waals surface area contributed by atoms with Gasteiger partial charge in [-0.25, -0.2) is 14.0 Å². The number of hydrogen-bond donors (Lipinski definition) is 0. The number of nitrogens with zero attached hydrogens (tertiary/aromatic N) is 1. The maximum Gasteiger partial charge on any atom is 0.422 e. The SMILES string of the molecule is COc1ccc2c(c1)c(=O)oc(=O)n2Cc1ccc(F)cc1. The van der Waals surface area contributed by atoms with Crippen molar-refractivity contribution in [2.45, 2.75) is 6.54 Å². The van der Waals surface area contributed by atoms with E-state index in [2.05, 4.69) is 0 Å². The minimum absolute atomic E-state index is 0.172. The van der Waals surface area contributed by atoms with Gasteiger partial charge in [-0.05, 0) is 35.9 Å². The largest absolute Gasteiger partial charge is 0.497 e. The van der Waals surface area contributed by atoms with Crippen molar-refractivity contribution in [3.8, 4) is 5.75 Å². The number of benzene rings is 2. The first-order valence-electron chi connectivity index (χ1n) is 6.54. The molecule has 3 rings (SSSR count). The van der Waals surface area contributed by atoms with Gasteiger partial charge in [-0.2, -0.15) is 0 Å². The van der Waals surface area contributed by atoms with Crippen molar-refractivity contribution in [3.63, 3.8) is 0 Å². The number of fused-ring (bicyclic) bond motifs is 1. The number of rotatable bonds is 3. The van der Waals surface area contributed by atoms with Crippen LogP contribution < -0.4 is 16.1 Å². The molecule has 0 saturated heterocycles. The zero-order chi connectivity index (χ0) is 15.7. The van der Waals surface area contributed by atoms with E-state index >= 15 is 0 Å². The Hall–Kier alpha value is -2.89. The molecule has 0 radical (unpaired) electrons. The van der Waals surface area contributed by atoms with Crippen LogP contribution in [-0.2, 0) is 6.54 Å². The summed E-state index contributed by atoms with van der Waals surface area (Å²) < 4.78 is 24.1. The molecule has 0 saturated carbocycles. The van der Waals surface area contributed by atoms with Gasteiger partial charge in [-0.15, -0.1) is 0 Å². The molecule has 2 aromatic carbocycles. The smallest absolute Gasteiger partial charge is 0.422 e. The maximum absolute atomic E-state index is 13.0. The summed E-state index contributed by atoms with van der Waals surface area (Å²) in [7, 11) is 1.48. The second kappa shape index (κ2) is 5.48. The molecule has 0 unspecified atom stereocenters. The van der Waals surface area contributed by atoms with Gasteiger partial charge in [-0.3, -0.25) is 4.57 Å². The van der Waals surface area contributed by atoms with Crippen LogP contribution in [0, 0.1) is 5.82 Å². The van der Waals surface area contributed by atoms with Gasteiger partial charge in [-0.1, -0.05) is 12.1 Å². The quantitative estimate of drug-likeness (QED) is 0.743. The highest BCUT2D eigenvalue weighted by Crippen LogP contribution is 2.17. The summed E-state index contributed by atoms with van der Waals surface area (Å²) >= 11 is 0. The van der Waals surface area contributed by atoms with Crippen LogP contribution >= 0.6 is 0 Å². The molecule has 112 valence electrons. The van der Waals surface area contributed by atoms with Crippen molar-refractivity contribution < 1.29 is 13.5 Å². The van der Waals surface area contributed by atoms with Crippen LogP contribution in [-0.4, -0.2) is 11.7 Å². The number of methoxy groups -OCH3 is 1. The van der Waals surface area contributed by atoms with E-state index in [4.69, 9.17) is 9.15 Å². The predicted molar refractivity (Wildman–Crippen MR) is 78.8 cm³/mol. The molecule has 0 amide bonds. The molecule has 0 bridgehead atoms. The highest BCUT2D eigenvalue weighted by atomic mass is 19.1. The molecule has 0 aliphatic heterocycles. The molecule has 0 spiro atoms. The predicted octanol–water partition coefficient (Wildman–Crippen LogP) is 2.15. The molecule has 22 heavy (non-hydrogen) atoms. The molecule has 1 aromatic heterocycles. The number of halogens is 1. The van der Waals surface area contributed by atoms with Crippen molar-refractivity contribution in [1.29, 1.82) is 0 Å².